The summed E-state index contributed by atoms with van der Waals surface area (Å²) in [4.78, 5) is 4.64. The van der Waals surface area contributed by atoms with Crippen LogP contribution in [0.2, 0.25) is 0 Å². The summed E-state index contributed by atoms with van der Waals surface area (Å²) in [6, 6.07) is 0. The van der Waals surface area contributed by atoms with Crippen molar-refractivity contribution in [3.05, 3.63) is 0 Å². The minimum absolute atomic E-state index is 0.238. The summed E-state index contributed by atoms with van der Waals surface area (Å²) in [5.41, 5.74) is 0.238. The number of nitrogens with zero attached hydrogens (tertiary/aromatic N) is 1. The molecule has 0 aromatic carbocycles. The van der Waals surface area contributed by atoms with E-state index in [1.165, 1.54) is 31.4 Å². The van der Waals surface area contributed by atoms with E-state index in [2.05, 4.69) is 38.0 Å². The van der Waals surface area contributed by atoms with Crippen molar-refractivity contribution in [3.63, 3.8) is 0 Å². The number of hydrogen-bond donors (Lipinski definition) is 1. The predicted octanol–water partition coefficient (Wildman–Crippen LogP) is 3.67. The van der Waals surface area contributed by atoms with Crippen LogP contribution in [0, 0.1) is 5.92 Å². The largest absolute Gasteiger partial charge is 0.360 e. The van der Waals surface area contributed by atoms with E-state index >= 15 is 0 Å². The van der Waals surface area contributed by atoms with Crippen molar-refractivity contribution in [3.8, 4) is 0 Å². The second-order valence-electron chi connectivity index (χ2n) is 5.68. The molecule has 0 aromatic heterocycles. The number of amidine groups is 1. The van der Waals surface area contributed by atoms with Gasteiger partial charge in [0.15, 0.2) is 5.17 Å². The maximum absolute atomic E-state index is 4.64. The molecule has 1 fully saturated rings. The fourth-order valence-corrected chi connectivity index (χ4v) is 3.06. The third-order valence-corrected chi connectivity index (χ3v) is 3.77. The quantitative estimate of drug-likeness (QED) is 0.744. The molecule has 0 radical (unpaired) electrons. The molecule has 2 nitrogen and oxygen atoms in total. The second-order valence-corrected chi connectivity index (χ2v) is 6.77. The smallest absolute Gasteiger partial charge is 0.156 e. The van der Waals surface area contributed by atoms with Crippen molar-refractivity contribution in [2.24, 2.45) is 10.9 Å². The Kier molecular flexibility index (Phi) is 5.67. The first-order valence-electron chi connectivity index (χ1n) is 6.45. The van der Waals surface area contributed by atoms with Gasteiger partial charge >= 0.3 is 0 Å². The van der Waals surface area contributed by atoms with Gasteiger partial charge < -0.3 is 5.32 Å². The van der Waals surface area contributed by atoms with E-state index in [4.69, 9.17) is 0 Å². The highest BCUT2D eigenvalue weighted by Gasteiger charge is 2.23. The molecule has 0 unspecified atom stereocenters. The van der Waals surface area contributed by atoms with E-state index < -0.39 is 0 Å². The normalized spacial score (nSPS) is 22.4. The van der Waals surface area contributed by atoms with Gasteiger partial charge in [0.25, 0.3) is 0 Å². The molecule has 1 heterocycles. The monoisotopic (exact) mass is 242 g/mol. The van der Waals surface area contributed by atoms with Crippen LogP contribution in [0.3, 0.4) is 0 Å². The van der Waals surface area contributed by atoms with Crippen LogP contribution in [0.1, 0.15) is 53.4 Å². The zero-order valence-electron chi connectivity index (χ0n) is 11.2. The van der Waals surface area contributed by atoms with Crippen molar-refractivity contribution in [2.45, 2.75) is 58.9 Å². The topological polar surface area (TPSA) is 24.4 Å². The Morgan fingerprint density at radius 3 is 2.75 bits per heavy atom. The van der Waals surface area contributed by atoms with Crippen molar-refractivity contribution >= 4 is 16.9 Å². The van der Waals surface area contributed by atoms with Gasteiger partial charge in [0.1, 0.15) is 0 Å². The Morgan fingerprint density at radius 1 is 1.38 bits per heavy atom. The van der Waals surface area contributed by atoms with Crippen molar-refractivity contribution in [2.75, 3.05) is 12.3 Å². The molecule has 0 aliphatic carbocycles. The highest BCUT2D eigenvalue weighted by molar-refractivity contribution is 8.13. The molecule has 16 heavy (non-hydrogen) atoms. The SMILES string of the molecule is CC(C)CCCCN=C1NC(C)(C)CCS1. The van der Waals surface area contributed by atoms with Gasteiger partial charge in [-0.15, -0.1) is 0 Å². The Bertz CT molecular complexity index is 234. The van der Waals surface area contributed by atoms with E-state index in [1.54, 1.807) is 0 Å². The minimum atomic E-state index is 0.238. The van der Waals surface area contributed by atoms with E-state index in [9.17, 15) is 0 Å². The van der Waals surface area contributed by atoms with Crippen LogP contribution in [0.4, 0.5) is 0 Å². The van der Waals surface area contributed by atoms with Crippen LogP contribution >= 0.6 is 11.8 Å². The highest BCUT2D eigenvalue weighted by atomic mass is 32.2. The van der Waals surface area contributed by atoms with Gasteiger partial charge in [0.2, 0.25) is 0 Å². The molecule has 94 valence electrons. The molecule has 0 amide bonds. The predicted molar refractivity (Wildman–Crippen MR) is 75.3 cm³/mol. The number of thioether (sulfide) groups is 1. The molecule has 1 aliphatic rings. The van der Waals surface area contributed by atoms with Crippen LogP contribution in [0.15, 0.2) is 4.99 Å². The standard InChI is InChI=1S/C13H26N2S/c1-11(2)7-5-6-9-14-12-15-13(3,4)8-10-16-12/h11H,5-10H2,1-4H3,(H,14,15). The van der Waals surface area contributed by atoms with Crippen LogP contribution in [-0.2, 0) is 0 Å². The molecule has 0 bridgehead atoms. The first kappa shape index (κ1) is 13.9. The van der Waals surface area contributed by atoms with Gasteiger partial charge in [-0.2, -0.15) is 0 Å². The first-order valence-corrected chi connectivity index (χ1v) is 7.43. The summed E-state index contributed by atoms with van der Waals surface area (Å²) in [5, 5.41) is 4.66. The van der Waals surface area contributed by atoms with Gasteiger partial charge in [0, 0.05) is 17.8 Å². The van der Waals surface area contributed by atoms with Gasteiger partial charge in [-0.05, 0) is 32.6 Å². The zero-order valence-corrected chi connectivity index (χ0v) is 12.0. The van der Waals surface area contributed by atoms with E-state index in [0.29, 0.717) is 0 Å². The molecular weight excluding hydrogens is 216 g/mol. The molecule has 0 aromatic rings. The Hall–Kier alpha value is -0.180. The lowest BCUT2D eigenvalue weighted by molar-refractivity contribution is 0.446. The second kappa shape index (κ2) is 6.53. The van der Waals surface area contributed by atoms with E-state index in [-0.39, 0.29) is 5.54 Å². The Labute approximate surface area is 105 Å². The minimum Gasteiger partial charge on any atom is -0.360 e. The van der Waals surface area contributed by atoms with Crippen LogP contribution in [-0.4, -0.2) is 23.0 Å². The molecule has 1 N–H and O–H groups in total. The van der Waals surface area contributed by atoms with Gasteiger partial charge in [-0.1, -0.05) is 38.5 Å². The highest BCUT2D eigenvalue weighted by Crippen LogP contribution is 2.21. The summed E-state index contributed by atoms with van der Waals surface area (Å²) in [6.07, 6.45) is 5.09. The Morgan fingerprint density at radius 2 is 2.12 bits per heavy atom. The average Bonchev–Trinajstić information content (AvgIpc) is 2.15. The maximum atomic E-state index is 4.64. The summed E-state index contributed by atoms with van der Waals surface area (Å²) in [6.45, 7) is 10.1. The molecule has 0 saturated carbocycles. The Balaban J connectivity index is 2.19. The molecule has 0 atom stereocenters. The fourth-order valence-electron chi connectivity index (χ4n) is 1.72. The summed E-state index contributed by atoms with van der Waals surface area (Å²) < 4.78 is 0. The third kappa shape index (κ3) is 5.78. The molecule has 3 heteroatoms. The number of rotatable bonds is 5. The van der Waals surface area contributed by atoms with Crippen LogP contribution in [0.25, 0.3) is 0 Å². The van der Waals surface area contributed by atoms with Gasteiger partial charge in [-0.3, -0.25) is 4.99 Å². The zero-order chi connectivity index (χ0) is 12.0. The lowest BCUT2D eigenvalue weighted by Crippen LogP contribution is -2.46. The summed E-state index contributed by atoms with van der Waals surface area (Å²) in [7, 11) is 0. The third-order valence-electron chi connectivity index (χ3n) is 2.86. The fraction of sp³-hybridized carbons (Fsp3) is 0.923. The number of nitrogens with one attached hydrogen (secondary N) is 1. The summed E-state index contributed by atoms with van der Waals surface area (Å²) in [5.74, 6) is 2.03. The number of hydrogen-bond acceptors (Lipinski definition) is 2. The molecule has 1 aliphatic heterocycles. The molecule has 1 saturated heterocycles. The average molecular weight is 242 g/mol. The lowest BCUT2D eigenvalue weighted by Gasteiger charge is -2.32. The van der Waals surface area contributed by atoms with Crippen molar-refractivity contribution in [1.29, 1.82) is 0 Å². The van der Waals surface area contributed by atoms with Crippen molar-refractivity contribution in [1.82, 2.24) is 5.32 Å². The lowest BCUT2D eigenvalue weighted by atomic mass is 10.0. The van der Waals surface area contributed by atoms with E-state index in [0.717, 1.165) is 17.6 Å². The molecule has 1 rings (SSSR count). The van der Waals surface area contributed by atoms with Crippen molar-refractivity contribution < 1.29 is 0 Å². The number of unbranched alkanes of at least 4 members (excludes halogenated alkanes) is 1. The molecule has 0 spiro atoms. The number of aliphatic imine (C=N–C) groups is 1. The van der Waals surface area contributed by atoms with Crippen LogP contribution in [0.5, 0.6) is 0 Å². The van der Waals surface area contributed by atoms with Gasteiger partial charge in [-0.25, -0.2) is 0 Å². The summed E-state index contributed by atoms with van der Waals surface area (Å²) >= 11 is 1.87. The first-order chi connectivity index (χ1) is 7.49. The van der Waals surface area contributed by atoms with E-state index in [1.807, 2.05) is 11.8 Å². The maximum Gasteiger partial charge on any atom is 0.156 e. The molecular formula is C13H26N2S. The van der Waals surface area contributed by atoms with Gasteiger partial charge in [0.05, 0.1) is 0 Å². The van der Waals surface area contributed by atoms with Crippen LogP contribution < -0.4 is 5.32 Å².